The lowest BCUT2D eigenvalue weighted by molar-refractivity contribution is -0.140. The van der Waals surface area contributed by atoms with Crippen LogP contribution in [0.3, 0.4) is 0 Å². The summed E-state index contributed by atoms with van der Waals surface area (Å²) in [5.41, 5.74) is -0.0175. The van der Waals surface area contributed by atoms with Gasteiger partial charge in [0, 0.05) is 5.56 Å². The average molecular weight is 274 g/mol. The first-order valence-corrected chi connectivity index (χ1v) is 5.95. The molecule has 3 rings (SSSR count). The highest BCUT2D eigenvalue weighted by Crippen LogP contribution is 2.35. The van der Waals surface area contributed by atoms with Crippen LogP contribution < -0.4 is 0 Å². The molecule has 100 valence electrons. The molecule has 5 heteroatoms. The standard InChI is InChI=1S/C15H9F3N2/c16-15(17,18)14-13(10-6-2-1-3-7-10)19-11-8-4-5-9-12(11)20-14/h1-9H. The van der Waals surface area contributed by atoms with Crippen molar-refractivity contribution in [3.8, 4) is 11.3 Å². The third kappa shape index (κ3) is 2.22. The van der Waals surface area contributed by atoms with Crippen molar-refractivity contribution in [1.82, 2.24) is 9.97 Å². The Hall–Kier alpha value is -2.43. The molecule has 1 heterocycles. The fraction of sp³-hybridized carbons (Fsp3) is 0.0667. The normalized spacial score (nSPS) is 11.8. The maximum absolute atomic E-state index is 13.2. The minimum Gasteiger partial charge on any atom is -0.244 e. The van der Waals surface area contributed by atoms with Gasteiger partial charge in [0.25, 0.3) is 0 Å². The molecule has 0 unspecified atom stereocenters. The highest BCUT2D eigenvalue weighted by atomic mass is 19.4. The second-order valence-electron chi connectivity index (χ2n) is 4.27. The predicted molar refractivity (Wildman–Crippen MR) is 70.0 cm³/mol. The second kappa shape index (κ2) is 4.59. The van der Waals surface area contributed by atoms with E-state index in [-0.39, 0.29) is 11.2 Å². The van der Waals surface area contributed by atoms with Gasteiger partial charge in [0.1, 0.15) is 5.69 Å². The summed E-state index contributed by atoms with van der Waals surface area (Å²) in [5.74, 6) is 0. The van der Waals surface area contributed by atoms with E-state index in [1.165, 1.54) is 6.07 Å². The van der Waals surface area contributed by atoms with E-state index in [0.717, 1.165) is 0 Å². The minimum absolute atomic E-state index is 0.142. The Balaban J connectivity index is 2.33. The molecule has 0 spiro atoms. The van der Waals surface area contributed by atoms with Gasteiger partial charge < -0.3 is 0 Å². The van der Waals surface area contributed by atoms with Gasteiger partial charge in [-0.1, -0.05) is 42.5 Å². The van der Waals surface area contributed by atoms with Crippen LogP contribution in [0.5, 0.6) is 0 Å². The van der Waals surface area contributed by atoms with Crippen LogP contribution in [0.4, 0.5) is 13.2 Å². The number of alkyl halides is 3. The molecule has 0 amide bonds. The van der Waals surface area contributed by atoms with Crippen molar-refractivity contribution in [2.24, 2.45) is 0 Å². The van der Waals surface area contributed by atoms with E-state index in [1.54, 1.807) is 48.5 Å². The SMILES string of the molecule is FC(F)(F)c1nc2ccccc2nc1-c1ccccc1. The first-order chi connectivity index (χ1) is 9.55. The Bertz CT molecular complexity index is 752. The monoisotopic (exact) mass is 274 g/mol. The first kappa shape index (κ1) is 12.6. The molecule has 20 heavy (non-hydrogen) atoms. The van der Waals surface area contributed by atoms with Crippen molar-refractivity contribution >= 4 is 11.0 Å². The Kier molecular flexibility index (Phi) is 2.89. The van der Waals surface area contributed by atoms with E-state index in [0.29, 0.717) is 11.1 Å². The molecule has 0 saturated carbocycles. The number of rotatable bonds is 1. The zero-order valence-corrected chi connectivity index (χ0v) is 10.2. The van der Waals surface area contributed by atoms with Crippen LogP contribution in [0.2, 0.25) is 0 Å². The number of benzene rings is 2. The average Bonchev–Trinajstić information content (AvgIpc) is 2.46. The molecule has 0 atom stereocenters. The molecular formula is C15H9F3N2. The summed E-state index contributed by atoms with van der Waals surface area (Å²) in [5, 5.41) is 0. The van der Waals surface area contributed by atoms with Crippen molar-refractivity contribution in [2.75, 3.05) is 0 Å². The van der Waals surface area contributed by atoms with Crippen molar-refractivity contribution in [2.45, 2.75) is 6.18 Å². The largest absolute Gasteiger partial charge is 0.435 e. The van der Waals surface area contributed by atoms with Crippen molar-refractivity contribution in [3.05, 3.63) is 60.3 Å². The maximum Gasteiger partial charge on any atom is 0.435 e. The van der Waals surface area contributed by atoms with Crippen LogP contribution in [0.1, 0.15) is 5.69 Å². The van der Waals surface area contributed by atoms with Crippen LogP contribution in [-0.4, -0.2) is 9.97 Å². The number of hydrogen-bond donors (Lipinski definition) is 0. The quantitative estimate of drug-likeness (QED) is 0.660. The molecule has 0 aliphatic carbocycles. The summed E-state index contributed by atoms with van der Waals surface area (Å²) in [7, 11) is 0. The summed E-state index contributed by atoms with van der Waals surface area (Å²) >= 11 is 0. The van der Waals surface area contributed by atoms with E-state index in [9.17, 15) is 13.2 Å². The van der Waals surface area contributed by atoms with E-state index in [4.69, 9.17) is 0 Å². The number of aromatic nitrogens is 2. The number of halogens is 3. The number of hydrogen-bond acceptors (Lipinski definition) is 2. The highest BCUT2D eigenvalue weighted by Gasteiger charge is 2.37. The molecule has 0 N–H and O–H groups in total. The molecule has 0 saturated heterocycles. The van der Waals surface area contributed by atoms with E-state index in [2.05, 4.69) is 9.97 Å². The molecule has 2 nitrogen and oxygen atoms in total. The van der Waals surface area contributed by atoms with Gasteiger partial charge in [-0.05, 0) is 12.1 Å². The Morgan fingerprint density at radius 2 is 1.25 bits per heavy atom. The van der Waals surface area contributed by atoms with Gasteiger partial charge in [0.15, 0.2) is 5.69 Å². The fourth-order valence-corrected chi connectivity index (χ4v) is 1.99. The third-order valence-corrected chi connectivity index (χ3v) is 2.89. The predicted octanol–water partition coefficient (Wildman–Crippen LogP) is 4.32. The smallest absolute Gasteiger partial charge is 0.244 e. The lowest BCUT2D eigenvalue weighted by Gasteiger charge is -2.12. The van der Waals surface area contributed by atoms with Crippen LogP contribution in [-0.2, 0) is 6.18 Å². The van der Waals surface area contributed by atoms with Gasteiger partial charge in [-0.25, -0.2) is 9.97 Å². The zero-order valence-electron chi connectivity index (χ0n) is 10.2. The maximum atomic E-state index is 13.2. The van der Waals surface area contributed by atoms with Gasteiger partial charge in [0.2, 0.25) is 0 Å². The number of fused-ring (bicyclic) bond motifs is 1. The number of nitrogens with zero attached hydrogens (tertiary/aromatic N) is 2. The van der Waals surface area contributed by atoms with Gasteiger partial charge >= 0.3 is 6.18 Å². The minimum atomic E-state index is -4.54. The van der Waals surface area contributed by atoms with Crippen LogP contribution in [0.15, 0.2) is 54.6 Å². The third-order valence-electron chi connectivity index (χ3n) is 2.89. The summed E-state index contributed by atoms with van der Waals surface area (Å²) in [6, 6.07) is 14.8. The van der Waals surface area contributed by atoms with E-state index in [1.807, 2.05) is 0 Å². The summed E-state index contributed by atoms with van der Waals surface area (Å²) in [6.07, 6.45) is -4.54. The van der Waals surface area contributed by atoms with Gasteiger partial charge in [-0.2, -0.15) is 13.2 Å². The number of para-hydroxylation sites is 2. The van der Waals surface area contributed by atoms with E-state index < -0.39 is 11.9 Å². The molecule has 0 radical (unpaired) electrons. The van der Waals surface area contributed by atoms with Crippen LogP contribution >= 0.6 is 0 Å². The molecule has 0 aliphatic heterocycles. The van der Waals surface area contributed by atoms with Gasteiger partial charge in [0.05, 0.1) is 11.0 Å². The van der Waals surface area contributed by atoms with E-state index >= 15 is 0 Å². The molecule has 1 aromatic heterocycles. The van der Waals surface area contributed by atoms with Crippen LogP contribution in [0.25, 0.3) is 22.3 Å². The Morgan fingerprint density at radius 1 is 0.700 bits per heavy atom. The lowest BCUT2D eigenvalue weighted by atomic mass is 10.1. The van der Waals surface area contributed by atoms with Crippen LogP contribution in [0, 0.1) is 0 Å². The fourth-order valence-electron chi connectivity index (χ4n) is 1.99. The highest BCUT2D eigenvalue weighted by molar-refractivity contribution is 5.78. The molecular weight excluding hydrogens is 265 g/mol. The second-order valence-corrected chi connectivity index (χ2v) is 4.27. The summed E-state index contributed by atoms with van der Waals surface area (Å²) in [6.45, 7) is 0. The zero-order chi connectivity index (χ0) is 14.2. The first-order valence-electron chi connectivity index (χ1n) is 5.95. The lowest BCUT2D eigenvalue weighted by Crippen LogP contribution is -2.11. The topological polar surface area (TPSA) is 25.8 Å². The van der Waals surface area contributed by atoms with Crippen molar-refractivity contribution in [1.29, 1.82) is 0 Å². The Morgan fingerprint density at radius 3 is 1.85 bits per heavy atom. The van der Waals surface area contributed by atoms with Gasteiger partial charge in [-0.3, -0.25) is 0 Å². The summed E-state index contributed by atoms with van der Waals surface area (Å²) in [4.78, 5) is 7.86. The summed E-state index contributed by atoms with van der Waals surface area (Å²) < 4.78 is 39.5. The van der Waals surface area contributed by atoms with Crippen molar-refractivity contribution < 1.29 is 13.2 Å². The van der Waals surface area contributed by atoms with Crippen molar-refractivity contribution in [3.63, 3.8) is 0 Å². The molecule has 0 fully saturated rings. The van der Waals surface area contributed by atoms with Gasteiger partial charge in [-0.15, -0.1) is 0 Å². The molecule has 3 aromatic rings. The Labute approximate surface area is 112 Å². The molecule has 0 aliphatic rings. The molecule has 0 bridgehead atoms. The molecule has 2 aromatic carbocycles.